The first-order valence-corrected chi connectivity index (χ1v) is 6.73. The third kappa shape index (κ3) is 2.69. The number of rotatable bonds is 4. The number of nitrogens with two attached hydrogens (primary N) is 1. The Bertz CT molecular complexity index is 320. The second-order valence-electron chi connectivity index (χ2n) is 7.08. The van der Waals surface area contributed by atoms with E-state index in [0.29, 0.717) is 19.6 Å². The summed E-state index contributed by atoms with van der Waals surface area (Å²) in [7, 11) is 0. The first kappa shape index (κ1) is 15.4. The summed E-state index contributed by atoms with van der Waals surface area (Å²) in [4.78, 5) is 12.3. The summed E-state index contributed by atoms with van der Waals surface area (Å²) in [6, 6.07) is 0. The predicted octanol–water partition coefficient (Wildman–Crippen LogP) is 1.68. The molecular formula is C14H28N2O2. The minimum atomic E-state index is -0.807. The molecule has 4 nitrogen and oxygen atoms in total. The number of hydrogen-bond acceptors (Lipinski definition) is 3. The SMILES string of the molecule is CCOC1CC(N)(C(=O)NCC(C)(C)C)C1(C)C. The molecule has 0 aliphatic heterocycles. The van der Waals surface area contributed by atoms with E-state index in [4.69, 9.17) is 10.5 Å². The first-order valence-electron chi connectivity index (χ1n) is 6.73. The molecule has 0 aromatic heterocycles. The van der Waals surface area contributed by atoms with Gasteiger partial charge in [0.1, 0.15) is 5.54 Å². The van der Waals surface area contributed by atoms with Crippen LogP contribution in [0.15, 0.2) is 0 Å². The Morgan fingerprint density at radius 1 is 1.44 bits per heavy atom. The fraction of sp³-hybridized carbons (Fsp3) is 0.929. The molecule has 1 saturated carbocycles. The van der Waals surface area contributed by atoms with Gasteiger partial charge in [0.25, 0.3) is 0 Å². The summed E-state index contributed by atoms with van der Waals surface area (Å²) >= 11 is 0. The zero-order valence-electron chi connectivity index (χ0n) is 12.6. The van der Waals surface area contributed by atoms with E-state index < -0.39 is 5.54 Å². The number of carbonyl (C=O) groups excluding carboxylic acids is 1. The van der Waals surface area contributed by atoms with E-state index in [0.717, 1.165) is 0 Å². The van der Waals surface area contributed by atoms with Gasteiger partial charge in [0.2, 0.25) is 5.91 Å². The van der Waals surface area contributed by atoms with Crippen molar-refractivity contribution in [1.29, 1.82) is 0 Å². The van der Waals surface area contributed by atoms with Crippen molar-refractivity contribution in [3.8, 4) is 0 Å². The van der Waals surface area contributed by atoms with Crippen molar-refractivity contribution in [3.63, 3.8) is 0 Å². The Kier molecular flexibility index (Phi) is 4.13. The second-order valence-corrected chi connectivity index (χ2v) is 7.08. The number of amides is 1. The number of hydrogen-bond donors (Lipinski definition) is 2. The van der Waals surface area contributed by atoms with Gasteiger partial charge in [-0.2, -0.15) is 0 Å². The van der Waals surface area contributed by atoms with Gasteiger partial charge in [-0.25, -0.2) is 0 Å². The highest BCUT2D eigenvalue weighted by molar-refractivity contribution is 5.88. The summed E-state index contributed by atoms with van der Waals surface area (Å²) in [6.07, 6.45) is 0.678. The Labute approximate surface area is 111 Å². The van der Waals surface area contributed by atoms with E-state index in [-0.39, 0.29) is 22.8 Å². The zero-order chi connectivity index (χ0) is 14.2. The van der Waals surface area contributed by atoms with Crippen molar-refractivity contribution in [3.05, 3.63) is 0 Å². The number of nitrogens with one attached hydrogen (secondary N) is 1. The first-order chi connectivity index (χ1) is 8.04. The van der Waals surface area contributed by atoms with Gasteiger partial charge in [0.15, 0.2) is 0 Å². The molecule has 0 bridgehead atoms. The molecule has 3 N–H and O–H groups in total. The number of carbonyl (C=O) groups is 1. The predicted molar refractivity (Wildman–Crippen MR) is 73.2 cm³/mol. The Balaban J connectivity index is 2.64. The van der Waals surface area contributed by atoms with Crippen molar-refractivity contribution in [2.45, 2.75) is 59.6 Å². The molecule has 1 aliphatic rings. The molecule has 1 amide bonds. The highest BCUT2D eigenvalue weighted by Gasteiger charge is 2.62. The normalized spacial score (nSPS) is 30.7. The standard InChI is InChI=1S/C14H28N2O2/c1-7-18-10-8-14(15,13(10,5)6)11(17)16-9-12(2,3)4/h10H,7-9,15H2,1-6H3,(H,16,17). The maximum atomic E-state index is 12.3. The molecule has 2 atom stereocenters. The van der Waals surface area contributed by atoms with E-state index >= 15 is 0 Å². The molecule has 0 aromatic rings. The van der Waals surface area contributed by atoms with E-state index in [1.54, 1.807) is 0 Å². The van der Waals surface area contributed by atoms with Gasteiger partial charge < -0.3 is 15.8 Å². The molecule has 106 valence electrons. The van der Waals surface area contributed by atoms with Crippen LogP contribution in [0.3, 0.4) is 0 Å². The van der Waals surface area contributed by atoms with Crippen molar-refractivity contribution in [2.24, 2.45) is 16.6 Å². The average molecular weight is 256 g/mol. The van der Waals surface area contributed by atoms with Crippen LogP contribution in [0.25, 0.3) is 0 Å². The molecule has 1 fully saturated rings. The smallest absolute Gasteiger partial charge is 0.240 e. The lowest BCUT2D eigenvalue weighted by Crippen LogP contribution is -2.76. The van der Waals surface area contributed by atoms with Crippen molar-refractivity contribution >= 4 is 5.91 Å². The van der Waals surface area contributed by atoms with Crippen LogP contribution in [0.2, 0.25) is 0 Å². The lowest BCUT2D eigenvalue weighted by Gasteiger charge is -2.57. The molecule has 0 aromatic carbocycles. The molecular weight excluding hydrogens is 228 g/mol. The summed E-state index contributed by atoms with van der Waals surface area (Å²) in [5, 5.41) is 2.96. The highest BCUT2D eigenvalue weighted by atomic mass is 16.5. The molecule has 0 spiro atoms. The van der Waals surface area contributed by atoms with Crippen LogP contribution in [-0.4, -0.2) is 30.7 Å². The highest BCUT2D eigenvalue weighted by Crippen LogP contribution is 2.49. The topological polar surface area (TPSA) is 64.3 Å². The van der Waals surface area contributed by atoms with Crippen LogP contribution < -0.4 is 11.1 Å². The minimum Gasteiger partial charge on any atom is -0.378 e. The Hall–Kier alpha value is -0.610. The van der Waals surface area contributed by atoms with Crippen molar-refractivity contribution in [1.82, 2.24) is 5.32 Å². The van der Waals surface area contributed by atoms with Crippen LogP contribution in [0, 0.1) is 10.8 Å². The minimum absolute atomic E-state index is 0.0571. The summed E-state index contributed by atoms with van der Waals surface area (Å²) in [6.45, 7) is 13.5. The van der Waals surface area contributed by atoms with E-state index in [9.17, 15) is 4.79 Å². The van der Waals surface area contributed by atoms with Crippen LogP contribution >= 0.6 is 0 Å². The van der Waals surface area contributed by atoms with Crippen molar-refractivity contribution < 1.29 is 9.53 Å². The Morgan fingerprint density at radius 2 is 2.00 bits per heavy atom. The molecule has 1 rings (SSSR count). The van der Waals surface area contributed by atoms with Crippen LogP contribution in [0.1, 0.15) is 48.0 Å². The maximum Gasteiger partial charge on any atom is 0.240 e. The lowest BCUT2D eigenvalue weighted by atomic mass is 9.54. The molecule has 0 radical (unpaired) electrons. The maximum absolute atomic E-state index is 12.3. The molecule has 1 aliphatic carbocycles. The van der Waals surface area contributed by atoms with Gasteiger partial charge >= 0.3 is 0 Å². The van der Waals surface area contributed by atoms with Gasteiger partial charge in [-0.1, -0.05) is 34.6 Å². The van der Waals surface area contributed by atoms with Crippen LogP contribution in [0.4, 0.5) is 0 Å². The van der Waals surface area contributed by atoms with Gasteiger partial charge in [-0.05, 0) is 12.3 Å². The quantitative estimate of drug-likeness (QED) is 0.804. The lowest BCUT2D eigenvalue weighted by molar-refractivity contribution is -0.170. The summed E-state index contributed by atoms with van der Waals surface area (Å²) in [5.41, 5.74) is 5.23. The fourth-order valence-electron chi connectivity index (χ4n) is 2.32. The van der Waals surface area contributed by atoms with E-state index in [1.807, 2.05) is 20.8 Å². The third-order valence-corrected chi connectivity index (χ3v) is 4.01. The van der Waals surface area contributed by atoms with Gasteiger partial charge in [-0.3, -0.25) is 4.79 Å². The van der Waals surface area contributed by atoms with E-state index in [2.05, 4.69) is 26.1 Å². The molecule has 0 saturated heterocycles. The van der Waals surface area contributed by atoms with Crippen LogP contribution in [-0.2, 0) is 9.53 Å². The van der Waals surface area contributed by atoms with E-state index in [1.165, 1.54) is 0 Å². The molecule has 18 heavy (non-hydrogen) atoms. The zero-order valence-corrected chi connectivity index (χ0v) is 12.6. The fourth-order valence-corrected chi connectivity index (χ4v) is 2.32. The second kappa shape index (κ2) is 4.82. The molecule has 2 unspecified atom stereocenters. The van der Waals surface area contributed by atoms with Crippen LogP contribution in [0.5, 0.6) is 0 Å². The van der Waals surface area contributed by atoms with Gasteiger partial charge in [-0.15, -0.1) is 0 Å². The number of ether oxygens (including phenoxy) is 1. The van der Waals surface area contributed by atoms with Gasteiger partial charge in [0, 0.05) is 25.0 Å². The van der Waals surface area contributed by atoms with Crippen molar-refractivity contribution in [2.75, 3.05) is 13.2 Å². The molecule has 0 heterocycles. The monoisotopic (exact) mass is 256 g/mol. The summed E-state index contributed by atoms with van der Waals surface area (Å²) < 4.78 is 5.62. The Morgan fingerprint density at radius 3 is 2.39 bits per heavy atom. The average Bonchev–Trinajstić information content (AvgIpc) is 2.24. The molecule has 4 heteroatoms. The summed E-state index contributed by atoms with van der Waals surface area (Å²) in [5.74, 6) is -0.0571. The van der Waals surface area contributed by atoms with Gasteiger partial charge in [0.05, 0.1) is 6.10 Å². The third-order valence-electron chi connectivity index (χ3n) is 4.01. The largest absolute Gasteiger partial charge is 0.378 e.